The Morgan fingerprint density at radius 1 is 1.67 bits per heavy atom. The first kappa shape index (κ1) is 11.0. The quantitative estimate of drug-likeness (QED) is 0.867. The van der Waals surface area contributed by atoms with Crippen molar-refractivity contribution < 1.29 is 9.90 Å². The molecule has 0 aromatic carbocycles. The van der Waals surface area contributed by atoms with Crippen molar-refractivity contribution in [3.05, 3.63) is 21.5 Å². The van der Waals surface area contributed by atoms with E-state index in [1.807, 2.05) is 10.8 Å². The zero-order valence-electron chi connectivity index (χ0n) is 8.66. The molecule has 1 aliphatic rings. The van der Waals surface area contributed by atoms with Crippen molar-refractivity contribution in [2.45, 2.75) is 32.7 Å². The van der Waals surface area contributed by atoms with Crippen molar-refractivity contribution in [3.63, 3.8) is 0 Å². The van der Waals surface area contributed by atoms with Gasteiger partial charge >= 0.3 is 5.97 Å². The van der Waals surface area contributed by atoms with E-state index < -0.39 is 5.97 Å². The summed E-state index contributed by atoms with van der Waals surface area (Å²) in [4.78, 5) is 11.0. The van der Waals surface area contributed by atoms with Gasteiger partial charge in [0.25, 0.3) is 0 Å². The summed E-state index contributed by atoms with van der Waals surface area (Å²) in [5.74, 6) is -0.829. The van der Waals surface area contributed by atoms with Crippen molar-refractivity contribution in [2.75, 3.05) is 0 Å². The number of halogens is 1. The summed E-state index contributed by atoms with van der Waals surface area (Å²) in [5.41, 5.74) is 0.797. The van der Waals surface area contributed by atoms with Crippen molar-refractivity contribution in [1.82, 2.24) is 4.57 Å². The van der Waals surface area contributed by atoms with Crippen LogP contribution in [-0.4, -0.2) is 15.6 Å². The monoisotopic (exact) mass is 319 g/mol. The Hall–Kier alpha value is -0.520. The molecule has 1 saturated carbocycles. The van der Waals surface area contributed by atoms with Gasteiger partial charge in [0.1, 0.15) is 5.69 Å². The van der Waals surface area contributed by atoms with Gasteiger partial charge in [0, 0.05) is 16.3 Å². The SMILES string of the molecule is CCC1(Cn2cc(I)cc2C(=O)O)CC1. The fourth-order valence-electron chi connectivity index (χ4n) is 1.95. The van der Waals surface area contributed by atoms with E-state index in [-0.39, 0.29) is 0 Å². The van der Waals surface area contributed by atoms with Gasteiger partial charge in [-0.05, 0) is 53.3 Å². The molecule has 1 heterocycles. The molecule has 0 aliphatic heterocycles. The Labute approximate surface area is 103 Å². The standard InChI is InChI=1S/C11H14INO2/c1-2-11(3-4-11)7-13-6-8(12)5-9(13)10(14)15/h5-6H,2-4,7H2,1H3,(H,14,15). The highest BCUT2D eigenvalue weighted by Crippen LogP contribution is 2.50. The number of aromatic carboxylic acids is 1. The number of nitrogens with zero attached hydrogens (tertiary/aromatic N) is 1. The fourth-order valence-corrected chi connectivity index (χ4v) is 2.58. The second kappa shape index (κ2) is 3.81. The largest absolute Gasteiger partial charge is 0.477 e. The summed E-state index contributed by atoms with van der Waals surface area (Å²) in [7, 11) is 0. The molecule has 3 nitrogen and oxygen atoms in total. The van der Waals surface area contributed by atoms with Gasteiger partial charge in [-0.15, -0.1) is 0 Å². The topological polar surface area (TPSA) is 42.2 Å². The Morgan fingerprint density at radius 2 is 2.33 bits per heavy atom. The predicted molar refractivity (Wildman–Crippen MR) is 66.1 cm³/mol. The lowest BCUT2D eigenvalue weighted by Gasteiger charge is -2.14. The number of carboxylic acid groups (broad SMARTS) is 1. The Balaban J connectivity index is 2.24. The van der Waals surface area contributed by atoms with Crippen molar-refractivity contribution in [2.24, 2.45) is 5.41 Å². The molecule has 1 aromatic rings. The van der Waals surface area contributed by atoms with Crippen molar-refractivity contribution in [1.29, 1.82) is 0 Å². The van der Waals surface area contributed by atoms with Crippen LogP contribution >= 0.6 is 22.6 Å². The molecule has 0 atom stereocenters. The molecule has 2 rings (SSSR count). The smallest absolute Gasteiger partial charge is 0.352 e. The summed E-state index contributed by atoms with van der Waals surface area (Å²) >= 11 is 2.16. The molecule has 0 spiro atoms. The van der Waals surface area contributed by atoms with Crippen LogP contribution in [-0.2, 0) is 6.54 Å². The lowest BCUT2D eigenvalue weighted by Crippen LogP contribution is -2.14. The van der Waals surface area contributed by atoms with E-state index >= 15 is 0 Å². The minimum absolute atomic E-state index is 0.381. The number of rotatable bonds is 4. The molecule has 0 saturated heterocycles. The summed E-state index contributed by atoms with van der Waals surface area (Å²) in [6, 6.07) is 1.73. The molecule has 82 valence electrons. The van der Waals surface area contributed by atoms with Gasteiger partial charge in [-0.1, -0.05) is 6.92 Å². The number of carbonyl (C=O) groups is 1. The molecule has 15 heavy (non-hydrogen) atoms. The van der Waals surface area contributed by atoms with Crippen molar-refractivity contribution >= 4 is 28.6 Å². The lowest BCUT2D eigenvalue weighted by molar-refractivity contribution is 0.0683. The summed E-state index contributed by atoms with van der Waals surface area (Å²) < 4.78 is 2.89. The molecular formula is C11H14INO2. The van der Waals surface area contributed by atoms with E-state index in [0.29, 0.717) is 11.1 Å². The molecule has 1 fully saturated rings. The Bertz CT molecular complexity index is 393. The van der Waals surface area contributed by atoms with E-state index in [1.165, 1.54) is 12.8 Å². The third kappa shape index (κ3) is 2.19. The van der Waals surface area contributed by atoms with E-state index in [0.717, 1.165) is 16.5 Å². The third-order valence-corrected chi connectivity index (χ3v) is 3.89. The van der Waals surface area contributed by atoms with Crippen molar-refractivity contribution in [3.8, 4) is 0 Å². The maximum Gasteiger partial charge on any atom is 0.352 e. The number of aromatic nitrogens is 1. The minimum Gasteiger partial charge on any atom is -0.477 e. The number of hydrogen-bond donors (Lipinski definition) is 1. The van der Waals surface area contributed by atoms with E-state index in [2.05, 4.69) is 29.5 Å². The highest BCUT2D eigenvalue weighted by atomic mass is 127. The van der Waals surface area contributed by atoms with Gasteiger partial charge in [0.05, 0.1) is 0 Å². The first-order chi connectivity index (χ1) is 7.06. The van der Waals surface area contributed by atoms with Gasteiger partial charge in [0.15, 0.2) is 0 Å². The van der Waals surface area contributed by atoms with Crippen LogP contribution in [0.25, 0.3) is 0 Å². The van der Waals surface area contributed by atoms with Crippen LogP contribution in [0, 0.1) is 8.99 Å². The highest BCUT2D eigenvalue weighted by Gasteiger charge is 2.41. The Morgan fingerprint density at radius 3 is 2.80 bits per heavy atom. The van der Waals surface area contributed by atoms with Crippen LogP contribution in [0.15, 0.2) is 12.3 Å². The second-order valence-electron chi connectivity index (χ2n) is 4.33. The van der Waals surface area contributed by atoms with Crippen LogP contribution in [0.5, 0.6) is 0 Å². The summed E-state index contributed by atoms with van der Waals surface area (Å²) in [6.07, 6.45) is 5.54. The third-order valence-electron chi connectivity index (χ3n) is 3.30. The lowest BCUT2D eigenvalue weighted by atomic mass is 10.0. The maximum absolute atomic E-state index is 11.0. The second-order valence-corrected chi connectivity index (χ2v) is 5.58. The molecule has 1 aliphatic carbocycles. The number of carboxylic acids is 1. The zero-order chi connectivity index (χ0) is 11.1. The number of hydrogen-bond acceptors (Lipinski definition) is 1. The van der Waals surface area contributed by atoms with E-state index in [9.17, 15) is 4.79 Å². The molecule has 4 heteroatoms. The molecule has 0 unspecified atom stereocenters. The van der Waals surface area contributed by atoms with Crippen LogP contribution in [0.4, 0.5) is 0 Å². The molecule has 1 N–H and O–H groups in total. The fraction of sp³-hybridized carbons (Fsp3) is 0.545. The Kier molecular flexibility index (Phi) is 2.79. The van der Waals surface area contributed by atoms with Gasteiger partial charge in [0.2, 0.25) is 0 Å². The minimum atomic E-state index is -0.829. The zero-order valence-corrected chi connectivity index (χ0v) is 10.8. The molecule has 0 amide bonds. The summed E-state index contributed by atoms with van der Waals surface area (Å²) in [5, 5.41) is 9.04. The first-order valence-electron chi connectivity index (χ1n) is 5.15. The van der Waals surface area contributed by atoms with Gasteiger partial charge in [-0.25, -0.2) is 4.79 Å². The maximum atomic E-state index is 11.0. The highest BCUT2D eigenvalue weighted by molar-refractivity contribution is 14.1. The predicted octanol–water partition coefficient (Wildman–Crippen LogP) is 2.98. The molecule has 1 aromatic heterocycles. The van der Waals surface area contributed by atoms with Crippen LogP contribution < -0.4 is 0 Å². The van der Waals surface area contributed by atoms with Gasteiger partial charge in [-0.2, -0.15) is 0 Å². The van der Waals surface area contributed by atoms with E-state index in [1.54, 1.807) is 6.07 Å². The van der Waals surface area contributed by atoms with Gasteiger partial charge in [-0.3, -0.25) is 0 Å². The molecule has 0 radical (unpaired) electrons. The van der Waals surface area contributed by atoms with Gasteiger partial charge < -0.3 is 9.67 Å². The average Bonchev–Trinajstić information content (AvgIpc) is 2.84. The normalized spacial score (nSPS) is 17.7. The molecular weight excluding hydrogens is 305 g/mol. The van der Waals surface area contributed by atoms with Crippen LogP contribution in [0.1, 0.15) is 36.7 Å². The van der Waals surface area contributed by atoms with Crippen LogP contribution in [0.2, 0.25) is 0 Å². The van der Waals surface area contributed by atoms with E-state index in [4.69, 9.17) is 5.11 Å². The summed E-state index contributed by atoms with van der Waals surface area (Å²) in [6.45, 7) is 3.04. The molecule has 0 bridgehead atoms. The first-order valence-corrected chi connectivity index (χ1v) is 6.23. The van der Waals surface area contributed by atoms with Crippen LogP contribution in [0.3, 0.4) is 0 Å². The average molecular weight is 319 g/mol.